The molecule has 4 aromatic carbocycles. The summed E-state index contributed by atoms with van der Waals surface area (Å²) in [6, 6.07) is 24.9. The van der Waals surface area contributed by atoms with Crippen molar-refractivity contribution in [3.8, 4) is 11.5 Å². The van der Waals surface area contributed by atoms with Gasteiger partial charge in [0.25, 0.3) is 15.9 Å². The molecule has 212 valence electrons. The number of rotatable bonds is 8. The van der Waals surface area contributed by atoms with E-state index >= 15 is 0 Å². The summed E-state index contributed by atoms with van der Waals surface area (Å²) >= 11 is 12.4. The fourth-order valence-corrected chi connectivity index (χ4v) is 5.86. The van der Waals surface area contributed by atoms with Crippen molar-refractivity contribution in [1.82, 2.24) is 4.90 Å². The Morgan fingerprint density at radius 3 is 2.24 bits per heavy atom. The molecule has 1 amide bonds. The van der Waals surface area contributed by atoms with E-state index in [2.05, 4.69) is 26.9 Å². The van der Waals surface area contributed by atoms with Crippen molar-refractivity contribution in [2.45, 2.75) is 4.90 Å². The molecular formula is C30H28Cl2N4O4S. The molecule has 8 nitrogen and oxygen atoms in total. The van der Waals surface area contributed by atoms with Crippen LogP contribution in [0.3, 0.4) is 0 Å². The molecule has 5 rings (SSSR count). The second-order valence-corrected chi connectivity index (χ2v) is 12.1. The topological polar surface area (TPSA) is 91.0 Å². The summed E-state index contributed by atoms with van der Waals surface area (Å²) in [7, 11) is -1.97. The number of carbonyl (C=O) groups excluding carboxylic acids is 1. The number of amides is 1. The Kier molecular flexibility index (Phi) is 8.70. The van der Waals surface area contributed by atoms with Crippen molar-refractivity contribution < 1.29 is 17.9 Å². The van der Waals surface area contributed by atoms with Crippen molar-refractivity contribution in [3.63, 3.8) is 0 Å². The summed E-state index contributed by atoms with van der Waals surface area (Å²) < 4.78 is 34.9. The van der Waals surface area contributed by atoms with Gasteiger partial charge >= 0.3 is 0 Å². The molecule has 0 aliphatic carbocycles. The van der Waals surface area contributed by atoms with Crippen LogP contribution in [-0.4, -0.2) is 52.5 Å². The molecule has 1 heterocycles. The van der Waals surface area contributed by atoms with Crippen molar-refractivity contribution in [3.05, 3.63) is 107 Å². The second kappa shape index (κ2) is 12.4. The Morgan fingerprint density at radius 2 is 1.51 bits per heavy atom. The summed E-state index contributed by atoms with van der Waals surface area (Å²) in [6.07, 6.45) is 0. The lowest BCUT2D eigenvalue weighted by Crippen LogP contribution is -2.44. The quantitative estimate of drug-likeness (QED) is 0.234. The standard InChI is InChI=1S/C30H28Cl2N4O4S/c1-35-16-18-36(19-17-35)28-8-4-3-7-27(28)33-30(37)24-20-21(31)10-15-26(24)34-41(38,39)23-13-11-22(12-14-23)40-29-9-5-2-6-25(29)32/h2-15,20,34H,16-19H2,1H3,(H,33,37). The number of sulfonamides is 1. The lowest BCUT2D eigenvalue weighted by Gasteiger charge is -2.35. The Hall–Kier alpha value is -3.76. The lowest BCUT2D eigenvalue weighted by molar-refractivity contribution is 0.102. The number of halogens is 2. The second-order valence-electron chi connectivity index (χ2n) is 9.56. The van der Waals surface area contributed by atoms with Gasteiger partial charge < -0.3 is 19.9 Å². The molecule has 1 aliphatic heterocycles. The van der Waals surface area contributed by atoms with Crippen LogP contribution in [0.2, 0.25) is 10.0 Å². The number of piperazine rings is 1. The van der Waals surface area contributed by atoms with Gasteiger partial charge in [-0.2, -0.15) is 0 Å². The molecule has 0 radical (unpaired) electrons. The first-order valence-corrected chi connectivity index (χ1v) is 15.1. The van der Waals surface area contributed by atoms with Crippen LogP contribution < -0.4 is 19.7 Å². The highest BCUT2D eigenvalue weighted by atomic mass is 35.5. The molecule has 2 N–H and O–H groups in total. The van der Waals surface area contributed by atoms with Crippen LogP contribution in [0.25, 0.3) is 0 Å². The monoisotopic (exact) mass is 610 g/mol. The molecule has 0 spiro atoms. The Labute approximate surface area is 249 Å². The summed E-state index contributed by atoms with van der Waals surface area (Å²) in [5.41, 5.74) is 1.72. The van der Waals surface area contributed by atoms with Crippen molar-refractivity contribution >= 4 is 56.2 Å². The number of ether oxygens (including phenoxy) is 1. The average molecular weight is 612 g/mol. The maximum absolute atomic E-state index is 13.5. The molecule has 0 saturated carbocycles. The predicted octanol–water partition coefficient (Wildman–Crippen LogP) is 6.59. The number of benzene rings is 4. The van der Waals surface area contributed by atoms with Gasteiger partial charge in [0.05, 0.1) is 32.5 Å². The third kappa shape index (κ3) is 6.94. The molecule has 11 heteroatoms. The van der Waals surface area contributed by atoms with E-state index in [0.29, 0.717) is 27.2 Å². The molecular weight excluding hydrogens is 583 g/mol. The highest BCUT2D eigenvalue weighted by Crippen LogP contribution is 2.31. The largest absolute Gasteiger partial charge is 0.456 e. The maximum atomic E-state index is 13.5. The van der Waals surface area contributed by atoms with Crippen LogP contribution in [-0.2, 0) is 10.0 Å². The molecule has 1 fully saturated rings. The highest BCUT2D eigenvalue weighted by molar-refractivity contribution is 7.92. The highest BCUT2D eigenvalue weighted by Gasteiger charge is 2.22. The number of likely N-dealkylation sites (N-methyl/N-ethyl adjacent to an activating group) is 1. The Morgan fingerprint density at radius 1 is 0.829 bits per heavy atom. The average Bonchev–Trinajstić information content (AvgIpc) is 2.96. The number of nitrogens with zero attached hydrogens (tertiary/aromatic N) is 2. The summed E-state index contributed by atoms with van der Waals surface area (Å²) in [6.45, 7) is 3.48. The summed E-state index contributed by atoms with van der Waals surface area (Å²) in [4.78, 5) is 17.9. The van der Waals surface area contributed by atoms with Crippen molar-refractivity contribution in [2.75, 3.05) is 48.2 Å². The van der Waals surface area contributed by atoms with E-state index in [1.54, 1.807) is 24.3 Å². The zero-order valence-corrected chi connectivity index (χ0v) is 24.5. The minimum absolute atomic E-state index is 0.00858. The number of hydrogen-bond donors (Lipinski definition) is 2. The molecule has 0 unspecified atom stereocenters. The molecule has 0 aromatic heterocycles. The third-order valence-corrected chi connectivity index (χ3v) is 8.59. The molecule has 1 aliphatic rings. The fourth-order valence-electron chi connectivity index (χ4n) is 4.43. The number of nitrogens with one attached hydrogen (secondary N) is 2. The number of carbonyl (C=O) groups is 1. The minimum Gasteiger partial charge on any atom is -0.456 e. The fraction of sp³-hybridized carbons (Fsp3) is 0.167. The maximum Gasteiger partial charge on any atom is 0.261 e. The SMILES string of the molecule is CN1CCN(c2ccccc2NC(=O)c2cc(Cl)ccc2NS(=O)(=O)c2ccc(Oc3ccccc3Cl)cc2)CC1. The van der Waals surface area contributed by atoms with E-state index in [9.17, 15) is 13.2 Å². The van der Waals surface area contributed by atoms with Crippen LogP contribution in [0.4, 0.5) is 17.1 Å². The number of para-hydroxylation sites is 3. The molecule has 0 atom stereocenters. The van der Waals surface area contributed by atoms with Gasteiger partial charge in [-0.3, -0.25) is 9.52 Å². The zero-order chi connectivity index (χ0) is 29.0. The van der Waals surface area contributed by atoms with Gasteiger partial charge in [-0.05, 0) is 73.8 Å². The van der Waals surface area contributed by atoms with Crippen LogP contribution in [0.15, 0.2) is 95.9 Å². The Balaban J connectivity index is 1.35. The first-order chi connectivity index (χ1) is 19.7. The zero-order valence-electron chi connectivity index (χ0n) is 22.2. The van der Waals surface area contributed by atoms with E-state index in [1.165, 1.54) is 42.5 Å². The minimum atomic E-state index is -4.05. The number of anilines is 3. The van der Waals surface area contributed by atoms with E-state index < -0.39 is 15.9 Å². The van der Waals surface area contributed by atoms with E-state index in [-0.39, 0.29) is 16.1 Å². The van der Waals surface area contributed by atoms with Gasteiger partial charge in [0.1, 0.15) is 11.5 Å². The molecule has 4 aromatic rings. The lowest BCUT2D eigenvalue weighted by atomic mass is 10.1. The van der Waals surface area contributed by atoms with E-state index in [1.807, 2.05) is 24.3 Å². The van der Waals surface area contributed by atoms with Gasteiger partial charge in [0, 0.05) is 31.2 Å². The van der Waals surface area contributed by atoms with E-state index in [0.717, 1.165) is 31.9 Å². The van der Waals surface area contributed by atoms with Gasteiger partial charge in [-0.1, -0.05) is 47.5 Å². The van der Waals surface area contributed by atoms with Gasteiger partial charge in [-0.15, -0.1) is 0 Å². The van der Waals surface area contributed by atoms with Crippen LogP contribution in [0.1, 0.15) is 10.4 Å². The summed E-state index contributed by atoms with van der Waals surface area (Å²) in [5, 5.41) is 3.68. The van der Waals surface area contributed by atoms with Gasteiger partial charge in [-0.25, -0.2) is 8.42 Å². The van der Waals surface area contributed by atoms with Crippen LogP contribution in [0, 0.1) is 0 Å². The smallest absolute Gasteiger partial charge is 0.261 e. The van der Waals surface area contributed by atoms with Crippen molar-refractivity contribution in [2.24, 2.45) is 0 Å². The first-order valence-electron chi connectivity index (χ1n) is 12.9. The molecule has 1 saturated heterocycles. The van der Waals surface area contributed by atoms with Gasteiger partial charge in [0.15, 0.2) is 0 Å². The van der Waals surface area contributed by atoms with Crippen LogP contribution in [0.5, 0.6) is 11.5 Å². The first kappa shape index (κ1) is 28.8. The van der Waals surface area contributed by atoms with Gasteiger partial charge in [0.2, 0.25) is 0 Å². The van der Waals surface area contributed by atoms with Crippen molar-refractivity contribution in [1.29, 1.82) is 0 Å². The van der Waals surface area contributed by atoms with E-state index in [4.69, 9.17) is 27.9 Å². The number of hydrogen-bond acceptors (Lipinski definition) is 6. The molecule has 41 heavy (non-hydrogen) atoms. The summed E-state index contributed by atoms with van der Waals surface area (Å²) in [5.74, 6) is 0.381. The third-order valence-electron chi connectivity index (χ3n) is 6.67. The Bertz CT molecular complexity index is 1660. The predicted molar refractivity (Wildman–Crippen MR) is 164 cm³/mol. The molecule has 0 bridgehead atoms. The normalized spacial score (nSPS) is 14.0. The van der Waals surface area contributed by atoms with Crippen LogP contribution >= 0.6 is 23.2 Å².